The summed E-state index contributed by atoms with van der Waals surface area (Å²) >= 11 is 0. The van der Waals surface area contributed by atoms with Crippen LogP contribution in [0.4, 0.5) is 0 Å². The van der Waals surface area contributed by atoms with Gasteiger partial charge in [-0.05, 0) is 40.1 Å². The number of furan rings is 1. The van der Waals surface area contributed by atoms with Gasteiger partial charge in [-0.3, -0.25) is 0 Å². The monoisotopic (exact) mass is 226 g/mol. The van der Waals surface area contributed by atoms with E-state index in [4.69, 9.17) is 9.52 Å². The molecular weight excluding hydrogens is 204 g/mol. The molecule has 16 heavy (non-hydrogen) atoms. The van der Waals surface area contributed by atoms with Crippen LogP contribution < -0.4 is 5.32 Å². The Hall–Kier alpha value is -0.840. The van der Waals surface area contributed by atoms with E-state index in [9.17, 15) is 0 Å². The van der Waals surface area contributed by atoms with Crippen LogP contribution >= 0.6 is 0 Å². The zero-order chi connectivity index (χ0) is 12.2. The lowest BCUT2D eigenvalue weighted by molar-refractivity contribution is 0.187. The molecule has 0 saturated carbocycles. The van der Waals surface area contributed by atoms with Gasteiger partial charge in [0.05, 0.1) is 6.54 Å². The van der Waals surface area contributed by atoms with Crippen molar-refractivity contribution >= 4 is 0 Å². The van der Waals surface area contributed by atoms with Crippen molar-refractivity contribution < 1.29 is 9.52 Å². The second-order valence-corrected chi connectivity index (χ2v) is 4.84. The van der Waals surface area contributed by atoms with Crippen molar-refractivity contribution in [1.82, 2.24) is 10.2 Å². The third-order valence-corrected chi connectivity index (χ3v) is 2.94. The van der Waals surface area contributed by atoms with Gasteiger partial charge in [-0.25, -0.2) is 0 Å². The minimum atomic E-state index is -0.0385. The zero-order valence-corrected chi connectivity index (χ0v) is 10.6. The fourth-order valence-corrected chi connectivity index (χ4v) is 1.25. The predicted octanol–water partition coefficient (Wildman–Crippen LogP) is 1.20. The van der Waals surface area contributed by atoms with E-state index < -0.39 is 0 Å². The van der Waals surface area contributed by atoms with Gasteiger partial charge in [-0.1, -0.05) is 0 Å². The third-order valence-electron chi connectivity index (χ3n) is 2.94. The number of aliphatic hydroxyl groups is 1. The van der Waals surface area contributed by atoms with E-state index in [1.54, 1.807) is 6.07 Å². The molecule has 92 valence electrons. The molecule has 0 aliphatic heterocycles. The molecule has 0 bridgehead atoms. The Morgan fingerprint density at radius 2 is 1.94 bits per heavy atom. The van der Waals surface area contributed by atoms with Gasteiger partial charge in [0.25, 0.3) is 0 Å². The molecule has 0 radical (unpaired) electrons. The summed E-state index contributed by atoms with van der Waals surface area (Å²) in [6.07, 6.45) is 0. The summed E-state index contributed by atoms with van der Waals surface area (Å²) in [4.78, 5) is 2.18. The highest BCUT2D eigenvalue weighted by molar-refractivity contribution is 5.06. The Balaban J connectivity index is 2.35. The highest BCUT2D eigenvalue weighted by atomic mass is 16.4. The van der Waals surface area contributed by atoms with E-state index in [2.05, 4.69) is 38.2 Å². The smallest absolute Gasteiger partial charge is 0.129 e. The van der Waals surface area contributed by atoms with Crippen LogP contribution in [0.3, 0.4) is 0 Å². The predicted molar refractivity (Wildman–Crippen MR) is 64.1 cm³/mol. The molecule has 1 aromatic rings. The Morgan fingerprint density at radius 3 is 2.44 bits per heavy atom. The lowest BCUT2D eigenvalue weighted by atomic mass is 10.0. The van der Waals surface area contributed by atoms with Crippen molar-refractivity contribution in [2.24, 2.45) is 0 Å². The van der Waals surface area contributed by atoms with Gasteiger partial charge in [0.15, 0.2) is 0 Å². The standard InChI is InChI=1S/C12H22N2O2/c1-12(2,14(3)4)9-13-7-10-5-6-11(8-15)16-10/h5-6,13,15H,7-9H2,1-4H3. The van der Waals surface area contributed by atoms with Crippen LogP contribution in [0.1, 0.15) is 25.4 Å². The summed E-state index contributed by atoms with van der Waals surface area (Å²) in [6.45, 7) is 5.90. The van der Waals surface area contributed by atoms with E-state index in [0.29, 0.717) is 12.3 Å². The van der Waals surface area contributed by atoms with Crippen LogP contribution in [0.2, 0.25) is 0 Å². The fraction of sp³-hybridized carbons (Fsp3) is 0.667. The molecule has 1 heterocycles. The van der Waals surface area contributed by atoms with Crippen LogP contribution in [-0.4, -0.2) is 36.2 Å². The summed E-state index contributed by atoms with van der Waals surface area (Å²) in [5.74, 6) is 1.47. The molecule has 1 aromatic heterocycles. The van der Waals surface area contributed by atoms with Gasteiger partial charge in [-0.2, -0.15) is 0 Å². The highest BCUT2D eigenvalue weighted by Gasteiger charge is 2.19. The molecule has 0 spiro atoms. The topological polar surface area (TPSA) is 48.6 Å². The SMILES string of the molecule is CN(C)C(C)(C)CNCc1ccc(CO)o1. The molecule has 0 amide bonds. The minimum Gasteiger partial charge on any atom is -0.462 e. The molecule has 4 heteroatoms. The van der Waals surface area contributed by atoms with Crippen LogP contribution in [0.5, 0.6) is 0 Å². The number of likely N-dealkylation sites (N-methyl/N-ethyl adjacent to an activating group) is 1. The maximum atomic E-state index is 8.86. The van der Waals surface area contributed by atoms with Gasteiger partial charge in [0.1, 0.15) is 18.1 Å². The van der Waals surface area contributed by atoms with Crippen molar-refractivity contribution in [3.8, 4) is 0 Å². The van der Waals surface area contributed by atoms with E-state index in [0.717, 1.165) is 12.3 Å². The van der Waals surface area contributed by atoms with Gasteiger partial charge in [0, 0.05) is 12.1 Å². The molecule has 1 rings (SSSR count). The van der Waals surface area contributed by atoms with Gasteiger partial charge in [-0.15, -0.1) is 0 Å². The average molecular weight is 226 g/mol. The quantitative estimate of drug-likeness (QED) is 0.765. The molecule has 0 unspecified atom stereocenters. The third kappa shape index (κ3) is 3.63. The van der Waals surface area contributed by atoms with Crippen molar-refractivity contribution in [1.29, 1.82) is 0 Å². The number of rotatable bonds is 6. The fourth-order valence-electron chi connectivity index (χ4n) is 1.25. The van der Waals surface area contributed by atoms with Gasteiger partial charge >= 0.3 is 0 Å². The molecule has 0 aliphatic rings. The summed E-state index contributed by atoms with van der Waals surface area (Å²) in [5, 5.41) is 12.2. The molecule has 0 saturated heterocycles. The number of hydrogen-bond acceptors (Lipinski definition) is 4. The van der Waals surface area contributed by atoms with Gasteiger partial charge < -0.3 is 19.7 Å². The zero-order valence-electron chi connectivity index (χ0n) is 10.6. The maximum Gasteiger partial charge on any atom is 0.129 e. The highest BCUT2D eigenvalue weighted by Crippen LogP contribution is 2.10. The molecular formula is C12H22N2O2. The van der Waals surface area contributed by atoms with Crippen molar-refractivity contribution in [3.05, 3.63) is 23.7 Å². The van der Waals surface area contributed by atoms with Crippen LogP contribution in [0.25, 0.3) is 0 Å². The number of hydrogen-bond donors (Lipinski definition) is 2. The van der Waals surface area contributed by atoms with Crippen LogP contribution in [-0.2, 0) is 13.2 Å². The summed E-state index contributed by atoms with van der Waals surface area (Å²) in [6, 6.07) is 3.69. The van der Waals surface area contributed by atoms with E-state index >= 15 is 0 Å². The summed E-state index contributed by atoms with van der Waals surface area (Å²) < 4.78 is 5.38. The lowest BCUT2D eigenvalue weighted by Crippen LogP contribution is -2.46. The molecule has 4 nitrogen and oxygen atoms in total. The largest absolute Gasteiger partial charge is 0.462 e. The van der Waals surface area contributed by atoms with Crippen molar-refractivity contribution in [3.63, 3.8) is 0 Å². The van der Waals surface area contributed by atoms with E-state index in [1.807, 2.05) is 6.07 Å². The first-order valence-corrected chi connectivity index (χ1v) is 5.52. The summed E-state index contributed by atoms with van der Waals surface area (Å²) in [7, 11) is 4.14. The Morgan fingerprint density at radius 1 is 1.31 bits per heavy atom. The Kier molecular flexibility index (Phi) is 4.53. The Labute approximate surface area is 97.2 Å². The van der Waals surface area contributed by atoms with Crippen LogP contribution in [0, 0.1) is 0 Å². The van der Waals surface area contributed by atoms with E-state index in [1.165, 1.54) is 0 Å². The lowest BCUT2D eigenvalue weighted by Gasteiger charge is -2.32. The second-order valence-electron chi connectivity index (χ2n) is 4.84. The Bertz CT molecular complexity index is 319. The normalized spacial score (nSPS) is 12.4. The van der Waals surface area contributed by atoms with E-state index in [-0.39, 0.29) is 12.1 Å². The molecule has 0 atom stereocenters. The maximum absolute atomic E-state index is 8.86. The molecule has 0 aromatic carbocycles. The minimum absolute atomic E-state index is 0.0385. The summed E-state index contributed by atoms with van der Waals surface area (Å²) in [5.41, 5.74) is 0.117. The first-order valence-electron chi connectivity index (χ1n) is 5.52. The van der Waals surface area contributed by atoms with Crippen molar-refractivity contribution in [2.45, 2.75) is 32.5 Å². The first-order chi connectivity index (χ1) is 7.45. The second kappa shape index (κ2) is 5.48. The molecule has 0 fully saturated rings. The number of aliphatic hydroxyl groups excluding tert-OH is 1. The molecule has 2 N–H and O–H groups in total. The average Bonchev–Trinajstić information content (AvgIpc) is 2.65. The molecule has 0 aliphatic carbocycles. The first kappa shape index (κ1) is 13.2. The van der Waals surface area contributed by atoms with Gasteiger partial charge in [0.2, 0.25) is 0 Å². The number of nitrogens with one attached hydrogen (secondary N) is 1. The van der Waals surface area contributed by atoms with Crippen molar-refractivity contribution in [2.75, 3.05) is 20.6 Å². The van der Waals surface area contributed by atoms with Crippen LogP contribution in [0.15, 0.2) is 16.5 Å². The number of nitrogens with zero attached hydrogens (tertiary/aromatic N) is 1.